The Hall–Kier alpha value is -1.88. The Labute approximate surface area is 144 Å². The predicted molar refractivity (Wildman–Crippen MR) is 94.3 cm³/mol. The second-order valence-electron chi connectivity index (χ2n) is 6.93. The van der Waals surface area contributed by atoms with Gasteiger partial charge in [-0.1, -0.05) is 12.1 Å². The molecular weight excluding hydrogens is 304 g/mol. The first-order valence-corrected chi connectivity index (χ1v) is 8.69. The highest BCUT2D eigenvalue weighted by molar-refractivity contribution is 5.87. The van der Waals surface area contributed by atoms with Crippen LogP contribution in [0.25, 0.3) is 0 Å². The number of hydrogen-bond donors (Lipinski definition) is 1. The lowest BCUT2D eigenvalue weighted by molar-refractivity contribution is -0.132. The first-order valence-electron chi connectivity index (χ1n) is 8.69. The van der Waals surface area contributed by atoms with E-state index >= 15 is 0 Å². The second kappa shape index (κ2) is 8.29. The molecule has 1 aromatic rings. The summed E-state index contributed by atoms with van der Waals surface area (Å²) in [7, 11) is 2.04. The van der Waals surface area contributed by atoms with E-state index in [0.29, 0.717) is 23.9 Å². The first kappa shape index (κ1) is 18.5. The van der Waals surface area contributed by atoms with Crippen LogP contribution in [-0.2, 0) is 4.79 Å². The molecule has 1 aliphatic rings. The van der Waals surface area contributed by atoms with Gasteiger partial charge in [-0.3, -0.25) is 4.79 Å². The number of piperidine rings is 1. The Morgan fingerprint density at radius 3 is 2.54 bits per heavy atom. The zero-order chi connectivity index (χ0) is 17.7. The third-order valence-electron chi connectivity index (χ3n) is 4.96. The van der Waals surface area contributed by atoms with Crippen molar-refractivity contribution in [3.8, 4) is 0 Å². The maximum absolute atomic E-state index is 12.5. The molecule has 1 aromatic carbocycles. The van der Waals surface area contributed by atoms with Gasteiger partial charge in [-0.2, -0.15) is 0 Å². The first-order chi connectivity index (χ1) is 11.4. The highest BCUT2D eigenvalue weighted by atomic mass is 16.4. The summed E-state index contributed by atoms with van der Waals surface area (Å²) in [6, 6.07) is 7.51. The molecule has 0 aromatic heterocycles. The Balaban J connectivity index is 1.93. The number of benzene rings is 1. The minimum absolute atomic E-state index is 0.217. The average molecular weight is 332 g/mol. The van der Waals surface area contributed by atoms with Crippen molar-refractivity contribution in [2.24, 2.45) is 0 Å². The summed E-state index contributed by atoms with van der Waals surface area (Å²) in [5.74, 6) is -0.390. The van der Waals surface area contributed by atoms with E-state index in [1.807, 2.05) is 24.1 Å². The molecule has 5 heteroatoms. The summed E-state index contributed by atoms with van der Waals surface area (Å²) in [5.41, 5.74) is 1.43. The van der Waals surface area contributed by atoms with Gasteiger partial charge in [0, 0.05) is 38.0 Å². The third-order valence-corrected chi connectivity index (χ3v) is 4.96. The van der Waals surface area contributed by atoms with Crippen LogP contribution in [0, 0.1) is 0 Å². The summed E-state index contributed by atoms with van der Waals surface area (Å²) in [4.78, 5) is 27.6. The van der Waals surface area contributed by atoms with E-state index in [2.05, 4.69) is 18.7 Å². The molecule has 1 atom stereocenters. The van der Waals surface area contributed by atoms with Gasteiger partial charge >= 0.3 is 5.97 Å². The van der Waals surface area contributed by atoms with E-state index in [9.17, 15) is 9.59 Å². The fourth-order valence-electron chi connectivity index (χ4n) is 3.06. The van der Waals surface area contributed by atoms with Gasteiger partial charge in [-0.05, 0) is 51.4 Å². The summed E-state index contributed by atoms with van der Waals surface area (Å²) in [6.45, 7) is 6.60. The molecule has 2 rings (SSSR count). The molecule has 0 unspecified atom stereocenters. The smallest absolute Gasteiger partial charge is 0.335 e. The standard InChI is InChI=1S/C19H28N2O3/c1-14(2)20(3)12-10-18(22)21-11-4-5-17(13-21)15-6-8-16(9-7-15)19(23)24/h6-9,14,17H,4-5,10-13H2,1-3H3,(H,23,24)/t17-/m0/s1. The maximum Gasteiger partial charge on any atom is 0.335 e. The number of carboxylic acids is 1. The van der Waals surface area contributed by atoms with E-state index in [-0.39, 0.29) is 5.91 Å². The van der Waals surface area contributed by atoms with Gasteiger partial charge in [-0.25, -0.2) is 4.79 Å². The Bertz CT molecular complexity index is 568. The number of hydrogen-bond acceptors (Lipinski definition) is 3. The summed E-state index contributed by atoms with van der Waals surface area (Å²) in [5, 5.41) is 8.99. The van der Waals surface area contributed by atoms with Crippen molar-refractivity contribution >= 4 is 11.9 Å². The van der Waals surface area contributed by atoms with Gasteiger partial charge in [0.25, 0.3) is 0 Å². The van der Waals surface area contributed by atoms with Crippen LogP contribution in [0.1, 0.15) is 54.9 Å². The summed E-state index contributed by atoms with van der Waals surface area (Å²) < 4.78 is 0. The molecule has 1 aliphatic heterocycles. The van der Waals surface area contributed by atoms with Gasteiger partial charge in [0.05, 0.1) is 5.56 Å². The van der Waals surface area contributed by atoms with Gasteiger partial charge < -0.3 is 14.9 Å². The van der Waals surface area contributed by atoms with E-state index in [4.69, 9.17) is 5.11 Å². The molecular formula is C19H28N2O3. The number of nitrogens with zero attached hydrogens (tertiary/aromatic N) is 2. The normalized spacial score (nSPS) is 18.2. The highest BCUT2D eigenvalue weighted by Gasteiger charge is 2.25. The summed E-state index contributed by atoms with van der Waals surface area (Å²) >= 11 is 0. The Morgan fingerprint density at radius 1 is 1.29 bits per heavy atom. The molecule has 1 heterocycles. The lowest BCUT2D eigenvalue weighted by Gasteiger charge is -2.33. The molecule has 1 N–H and O–H groups in total. The van der Waals surface area contributed by atoms with Crippen molar-refractivity contribution in [1.82, 2.24) is 9.80 Å². The van der Waals surface area contributed by atoms with Crippen LogP contribution in [-0.4, -0.2) is 59.5 Å². The van der Waals surface area contributed by atoms with Crippen molar-refractivity contribution in [1.29, 1.82) is 0 Å². The summed E-state index contributed by atoms with van der Waals surface area (Å²) in [6.07, 6.45) is 2.60. The SMILES string of the molecule is CC(C)N(C)CCC(=O)N1CCC[C@H](c2ccc(C(=O)O)cc2)C1. The Morgan fingerprint density at radius 2 is 1.96 bits per heavy atom. The molecule has 0 aliphatic carbocycles. The van der Waals surface area contributed by atoms with Crippen molar-refractivity contribution < 1.29 is 14.7 Å². The van der Waals surface area contributed by atoms with Crippen LogP contribution in [0.2, 0.25) is 0 Å². The number of carbonyl (C=O) groups is 2. The van der Waals surface area contributed by atoms with Crippen molar-refractivity contribution in [3.05, 3.63) is 35.4 Å². The molecule has 1 amide bonds. The number of likely N-dealkylation sites (tertiary alicyclic amines) is 1. The zero-order valence-electron chi connectivity index (χ0n) is 14.9. The third kappa shape index (κ3) is 4.81. The second-order valence-corrected chi connectivity index (χ2v) is 6.93. The number of aromatic carboxylic acids is 1. The number of carboxylic acid groups (broad SMARTS) is 1. The molecule has 0 saturated carbocycles. The van der Waals surface area contributed by atoms with Crippen LogP contribution in [0.4, 0.5) is 0 Å². The predicted octanol–water partition coefficient (Wildman–Crippen LogP) is 2.82. The van der Waals surface area contributed by atoms with E-state index in [1.165, 1.54) is 0 Å². The monoisotopic (exact) mass is 332 g/mol. The van der Waals surface area contributed by atoms with Crippen LogP contribution >= 0.6 is 0 Å². The fraction of sp³-hybridized carbons (Fsp3) is 0.579. The zero-order valence-corrected chi connectivity index (χ0v) is 14.9. The van der Waals surface area contributed by atoms with Crippen molar-refractivity contribution in [3.63, 3.8) is 0 Å². The topological polar surface area (TPSA) is 60.9 Å². The van der Waals surface area contributed by atoms with Gasteiger partial charge in [0.2, 0.25) is 5.91 Å². The van der Waals surface area contributed by atoms with Crippen molar-refractivity contribution in [2.45, 2.75) is 45.1 Å². The molecule has 24 heavy (non-hydrogen) atoms. The van der Waals surface area contributed by atoms with Crippen LogP contribution < -0.4 is 0 Å². The fourth-order valence-corrected chi connectivity index (χ4v) is 3.06. The molecule has 132 valence electrons. The van der Waals surface area contributed by atoms with E-state index < -0.39 is 5.97 Å². The molecule has 5 nitrogen and oxygen atoms in total. The minimum atomic E-state index is -0.906. The number of carbonyl (C=O) groups excluding carboxylic acids is 1. The quantitative estimate of drug-likeness (QED) is 0.870. The van der Waals surface area contributed by atoms with Crippen molar-refractivity contribution in [2.75, 3.05) is 26.7 Å². The van der Waals surface area contributed by atoms with Gasteiger partial charge in [0.15, 0.2) is 0 Å². The van der Waals surface area contributed by atoms with E-state index in [0.717, 1.165) is 38.0 Å². The minimum Gasteiger partial charge on any atom is -0.478 e. The number of amides is 1. The average Bonchev–Trinajstić information content (AvgIpc) is 2.59. The van der Waals surface area contributed by atoms with Gasteiger partial charge in [0.1, 0.15) is 0 Å². The van der Waals surface area contributed by atoms with Crippen LogP contribution in [0.15, 0.2) is 24.3 Å². The maximum atomic E-state index is 12.5. The van der Waals surface area contributed by atoms with Crippen LogP contribution in [0.3, 0.4) is 0 Å². The Kier molecular flexibility index (Phi) is 6.37. The highest BCUT2D eigenvalue weighted by Crippen LogP contribution is 2.27. The number of rotatable bonds is 6. The lowest BCUT2D eigenvalue weighted by atomic mass is 9.90. The van der Waals surface area contributed by atoms with E-state index in [1.54, 1.807) is 12.1 Å². The molecule has 0 spiro atoms. The molecule has 0 bridgehead atoms. The van der Waals surface area contributed by atoms with Crippen LogP contribution in [0.5, 0.6) is 0 Å². The molecule has 0 radical (unpaired) electrons. The molecule has 1 saturated heterocycles. The largest absolute Gasteiger partial charge is 0.478 e. The lowest BCUT2D eigenvalue weighted by Crippen LogP contribution is -2.40. The molecule has 1 fully saturated rings. The van der Waals surface area contributed by atoms with Gasteiger partial charge in [-0.15, -0.1) is 0 Å².